The lowest BCUT2D eigenvalue weighted by molar-refractivity contribution is -0.137. The summed E-state index contributed by atoms with van der Waals surface area (Å²) < 4.78 is 4.54. The first-order chi connectivity index (χ1) is 3.68. The summed E-state index contributed by atoms with van der Waals surface area (Å²) in [5, 5.41) is 0.367. The molecule has 0 saturated carbocycles. The molecule has 0 N–H and O–H groups in total. The van der Waals surface area contributed by atoms with E-state index in [4.69, 9.17) is 0 Å². The number of carbonyl (C=O) groups is 1. The summed E-state index contributed by atoms with van der Waals surface area (Å²) in [5.74, 6) is -0.350. The standard InChI is InChI=1S/C5H9O2P/c1-3-7-5(6)4(2)8/h2-3,8H2,1H3. The van der Waals surface area contributed by atoms with Crippen LogP contribution in [0.1, 0.15) is 6.92 Å². The summed E-state index contributed by atoms with van der Waals surface area (Å²) in [7, 11) is 2.18. The van der Waals surface area contributed by atoms with Crippen molar-refractivity contribution in [2.45, 2.75) is 6.92 Å². The molecule has 0 spiro atoms. The third kappa shape index (κ3) is 2.75. The fraction of sp³-hybridized carbons (Fsp3) is 0.400. The van der Waals surface area contributed by atoms with Crippen molar-refractivity contribution in [2.75, 3.05) is 6.61 Å². The molecule has 0 rings (SSSR count). The van der Waals surface area contributed by atoms with Gasteiger partial charge in [-0.2, -0.15) is 0 Å². The highest BCUT2D eigenvalue weighted by atomic mass is 31.0. The average Bonchev–Trinajstić information content (AvgIpc) is 1.67. The summed E-state index contributed by atoms with van der Waals surface area (Å²) in [6, 6.07) is 0. The highest BCUT2D eigenvalue weighted by molar-refractivity contribution is 7.24. The van der Waals surface area contributed by atoms with Gasteiger partial charge >= 0.3 is 5.97 Å². The lowest BCUT2D eigenvalue weighted by Gasteiger charge is -1.96. The van der Waals surface area contributed by atoms with Gasteiger partial charge in [0.1, 0.15) is 0 Å². The quantitative estimate of drug-likeness (QED) is 0.317. The third-order valence-corrected chi connectivity index (χ3v) is 0.773. The first kappa shape index (κ1) is 7.64. The Bertz CT molecular complexity index is 109. The second kappa shape index (κ2) is 3.62. The van der Waals surface area contributed by atoms with E-state index in [1.54, 1.807) is 6.92 Å². The molecule has 0 aliphatic heterocycles. The summed E-state index contributed by atoms with van der Waals surface area (Å²) in [4.78, 5) is 10.4. The Kier molecular flexibility index (Phi) is 3.46. The van der Waals surface area contributed by atoms with E-state index in [2.05, 4.69) is 20.6 Å². The first-order valence-electron chi connectivity index (χ1n) is 2.30. The minimum Gasteiger partial charge on any atom is -0.462 e. The van der Waals surface area contributed by atoms with E-state index < -0.39 is 0 Å². The lowest BCUT2D eigenvalue weighted by Crippen LogP contribution is -2.01. The molecule has 3 heteroatoms. The molecule has 0 heterocycles. The number of ether oxygens (including phenoxy) is 1. The first-order valence-corrected chi connectivity index (χ1v) is 2.87. The molecule has 1 unspecified atom stereocenters. The molecule has 0 aromatic rings. The molecular formula is C5H9O2P. The predicted octanol–water partition coefficient (Wildman–Crippen LogP) is 0.938. The van der Waals surface area contributed by atoms with E-state index in [-0.39, 0.29) is 5.97 Å². The monoisotopic (exact) mass is 132 g/mol. The summed E-state index contributed by atoms with van der Waals surface area (Å²) in [5.41, 5.74) is 0. The molecule has 0 saturated heterocycles. The van der Waals surface area contributed by atoms with Gasteiger partial charge in [0.05, 0.1) is 6.61 Å². The van der Waals surface area contributed by atoms with Crippen LogP contribution in [-0.4, -0.2) is 12.6 Å². The number of hydrogen-bond acceptors (Lipinski definition) is 2. The smallest absolute Gasteiger partial charge is 0.337 e. The van der Waals surface area contributed by atoms with E-state index in [1.807, 2.05) is 0 Å². The molecule has 0 radical (unpaired) electrons. The van der Waals surface area contributed by atoms with Crippen LogP contribution in [0.2, 0.25) is 0 Å². The van der Waals surface area contributed by atoms with Gasteiger partial charge < -0.3 is 4.74 Å². The van der Waals surface area contributed by atoms with Crippen LogP contribution in [0.15, 0.2) is 11.9 Å². The van der Waals surface area contributed by atoms with Crippen LogP contribution in [0.4, 0.5) is 0 Å². The number of hydrogen-bond donors (Lipinski definition) is 0. The Balaban J connectivity index is 3.49. The van der Waals surface area contributed by atoms with Crippen LogP contribution in [-0.2, 0) is 9.53 Å². The molecule has 8 heavy (non-hydrogen) atoms. The third-order valence-electron chi connectivity index (χ3n) is 0.538. The van der Waals surface area contributed by atoms with Crippen LogP contribution in [0.3, 0.4) is 0 Å². The molecule has 46 valence electrons. The minimum absolute atomic E-state index is 0.350. The molecule has 0 aromatic carbocycles. The topological polar surface area (TPSA) is 26.3 Å². The Hall–Kier alpha value is -0.360. The normalized spacial score (nSPS) is 8.25. The maximum absolute atomic E-state index is 10.4. The van der Waals surface area contributed by atoms with Crippen molar-refractivity contribution in [1.82, 2.24) is 0 Å². The van der Waals surface area contributed by atoms with Crippen molar-refractivity contribution in [3.8, 4) is 0 Å². The number of carbonyl (C=O) groups excluding carboxylic acids is 1. The fourth-order valence-electron chi connectivity index (χ4n) is 0.224. The van der Waals surface area contributed by atoms with Crippen LogP contribution in [0, 0.1) is 0 Å². The largest absolute Gasteiger partial charge is 0.462 e. The van der Waals surface area contributed by atoms with Crippen LogP contribution in [0.25, 0.3) is 0 Å². The molecule has 0 aliphatic carbocycles. The highest BCUT2D eigenvalue weighted by Crippen LogP contribution is 2.02. The maximum atomic E-state index is 10.4. The Morgan fingerprint density at radius 3 is 2.50 bits per heavy atom. The van der Waals surface area contributed by atoms with Crippen LogP contribution in [0.5, 0.6) is 0 Å². The van der Waals surface area contributed by atoms with Gasteiger partial charge in [-0.3, -0.25) is 0 Å². The van der Waals surface area contributed by atoms with Crippen molar-refractivity contribution >= 4 is 15.2 Å². The van der Waals surface area contributed by atoms with Gasteiger partial charge in [0, 0.05) is 5.31 Å². The Morgan fingerprint density at radius 2 is 2.38 bits per heavy atom. The summed E-state index contributed by atoms with van der Waals surface area (Å²) in [6.07, 6.45) is 0. The Labute approximate surface area is 51.1 Å². The van der Waals surface area contributed by atoms with Crippen molar-refractivity contribution in [3.63, 3.8) is 0 Å². The van der Waals surface area contributed by atoms with E-state index in [0.717, 1.165) is 0 Å². The second-order valence-corrected chi connectivity index (χ2v) is 1.94. The SMILES string of the molecule is C=C(P)C(=O)OCC. The summed E-state index contributed by atoms with van der Waals surface area (Å²) >= 11 is 0. The van der Waals surface area contributed by atoms with Gasteiger partial charge in [-0.25, -0.2) is 4.79 Å². The average molecular weight is 132 g/mol. The van der Waals surface area contributed by atoms with E-state index in [0.29, 0.717) is 11.9 Å². The van der Waals surface area contributed by atoms with Crippen molar-refractivity contribution < 1.29 is 9.53 Å². The number of rotatable bonds is 2. The van der Waals surface area contributed by atoms with Crippen molar-refractivity contribution in [3.05, 3.63) is 11.9 Å². The van der Waals surface area contributed by atoms with Gasteiger partial charge in [-0.1, -0.05) is 15.8 Å². The molecule has 1 atom stereocenters. The summed E-state index contributed by atoms with van der Waals surface area (Å²) in [6.45, 7) is 5.53. The molecule has 0 aromatic heterocycles. The van der Waals surface area contributed by atoms with Gasteiger partial charge in [-0.05, 0) is 6.92 Å². The van der Waals surface area contributed by atoms with Crippen LogP contribution < -0.4 is 0 Å². The van der Waals surface area contributed by atoms with Gasteiger partial charge in [0.15, 0.2) is 0 Å². The highest BCUT2D eigenvalue weighted by Gasteiger charge is 1.98. The maximum Gasteiger partial charge on any atom is 0.337 e. The molecule has 2 nitrogen and oxygen atoms in total. The van der Waals surface area contributed by atoms with Crippen molar-refractivity contribution in [2.24, 2.45) is 0 Å². The number of esters is 1. The zero-order valence-corrected chi connectivity index (χ0v) is 5.96. The van der Waals surface area contributed by atoms with Gasteiger partial charge in [0.25, 0.3) is 0 Å². The van der Waals surface area contributed by atoms with Gasteiger partial charge in [0.2, 0.25) is 0 Å². The van der Waals surface area contributed by atoms with Crippen molar-refractivity contribution in [1.29, 1.82) is 0 Å². The molecular weight excluding hydrogens is 123 g/mol. The van der Waals surface area contributed by atoms with E-state index in [9.17, 15) is 4.79 Å². The zero-order chi connectivity index (χ0) is 6.57. The molecule has 0 bridgehead atoms. The molecule has 0 amide bonds. The molecule has 0 aliphatic rings. The second-order valence-electron chi connectivity index (χ2n) is 1.25. The minimum atomic E-state index is -0.350. The fourth-order valence-corrected chi connectivity index (χ4v) is 0.307. The van der Waals surface area contributed by atoms with Crippen LogP contribution >= 0.6 is 9.24 Å². The van der Waals surface area contributed by atoms with E-state index >= 15 is 0 Å². The predicted molar refractivity (Wildman–Crippen MR) is 35.5 cm³/mol. The Morgan fingerprint density at radius 1 is 1.88 bits per heavy atom. The molecule has 0 fully saturated rings. The zero-order valence-electron chi connectivity index (χ0n) is 4.81. The van der Waals surface area contributed by atoms with Gasteiger partial charge in [-0.15, -0.1) is 0 Å². The van der Waals surface area contributed by atoms with E-state index in [1.165, 1.54) is 0 Å². The lowest BCUT2D eigenvalue weighted by atomic mass is 10.6.